The Bertz CT molecular complexity index is 789. The van der Waals surface area contributed by atoms with Crippen LogP contribution in [0.4, 0.5) is 17.1 Å². The van der Waals surface area contributed by atoms with E-state index in [2.05, 4.69) is 44.3 Å². The topological polar surface area (TPSA) is 111 Å². The van der Waals surface area contributed by atoms with Gasteiger partial charge in [-0.3, -0.25) is 25.7 Å². The molecule has 0 saturated carbocycles. The summed E-state index contributed by atoms with van der Waals surface area (Å²) < 4.78 is 0. The molecule has 27 heavy (non-hydrogen) atoms. The maximum atomic E-state index is 11.1. The first-order chi connectivity index (χ1) is 12.5. The molecule has 8 heteroatoms. The van der Waals surface area contributed by atoms with Gasteiger partial charge >= 0.3 is 5.69 Å². The van der Waals surface area contributed by atoms with Gasteiger partial charge in [0.05, 0.1) is 15.9 Å². The second-order valence-corrected chi connectivity index (χ2v) is 7.29. The Kier molecular flexibility index (Phi) is 7.83. The smallest absolute Gasteiger partial charge is 0.272 e. The fourth-order valence-corrected chi connectivity index (χ4v) is 2.06. The van der Waals surface area contributed by atoms with Crippen molar-refractivity contribution in [3.63, 3.8) is 0 Å². The van der Waals surface area contributed by atoms with Gasteiger partial charge in [0.15, 0.2) is 0 Å². The van der Waals surface area contributed by atoms with Crippen molar-refractivity contribution in [3.8, 4) is 0 Å². The number of non-ortho nitro benzene ring substituents is 1. The monoisotopic (exact) mass is 374 g/mol. The third kappa shape index (κ3) is 7.39. The molecule has 1 aromatic carbocycles. The van der Waals surface area contributed by atoms with Crippen LogP contribution in [0.3, 0.4) is 0 Å². The summed E-state index contributed by atoms with van der Waals surface area (Å²) in [7, 11) is 0. The van der Waals surface area contributed by atoms with Gasteiger partial charge in [0.2, 0.25) is 0 Å². The molecule has 0 radical (unpaired) electrons. The van der Waals surface area contributed by atoms with E-state index in [4.69, 9.17) is 0 Å². The molecular formula is C19H26N4O4. The zero-order chi connectivity index (χ0) is 20.6. The average molecular weight is 374 g/mol. The molecule has 0 aromatic heterocycles. The molecule has 0 unspecified atom stereocenters. The standard InChI is InChI=1S/C19H26N4O4/c1-14(7-6-8-15(2)19(3,4)5)11-12-20-21-17-10-9-16(22(24)25)13-18(17)23(26)27/h8-13,21H,6-7H2,1-5H3/b14-11+,15-8-,20-12+. The molecule has 0 amide bonds. The minimum absolute atomic E-state index is 0.0941. The minimum Gasteiger partial charge on any atom is -0.272 e. The Morgan fingerprint density at radius 3 is 2.41 bits per heavy atom. The van der Waals surface area contributed by atoms with Crippen molar-refractivity contribution < 1.29 is 9.85 Å². The summed E-state index contributed by atoms with van der Waals surface area (Å²) >= 11 is 0. The molecule has 146 valence electrons. The van der Waals surface area contributed by atoms with Crippen molar-refractivity contribution in [2.24, 2.45) is 10.5 Å². The normalized spacial score (nSPS) is 13.1. The second-order valence-electron chi connectivity index (χ2n) is 7.29. The number of nitro groups is 2. The van der Waals surface area contributed by atoms with Crippen LogP contribution in [0.15, 0.2) is 46.6 Å². The Hall–Kier alpha value is -3.03. The van der Waals surface area contributed by atoms with Gasteiger partial charge in [-0.05, 0) is 44.2 Å². The second kappa shape index (κ2) is 9.61. The van der Waals surface area contributed by atoms with E-state index in [9.17, 15) is 20.2 Å². The lowest BCUT2D eigenvalue weighted by Crippen LogP contribution is -2.06. The van der Waals surface area contributed by atoms with E-state index in [-0.39, 0.29) is 16.8 Å². The molecule has 0 aliphatic rings. The van der Waals surface area contributed by atoms with E-state index < -0.39 is 15.5 Å². The summed E-state index contributed by atoms with van der Waals surface area (Å²) in [4.78, 5) is 20.4. The highest BCUT2D eigenvalue weighted by Crippen LogP contribution is 2.29. The van der Waals surface area contributed by atoms with Crippen LogP contribution >= 0.6 is 0 Å². The van der Waals surface area contributed by atoms with Crippen molar-refractivity contribution in [3.05, 3.63) is 61.7 Å². The largest absolute Gasteiger partial charge is 0.301 e. The van der Waals surface area contributed by atoms with Gasteiger partial charge in [-0.25, -0.2) is 0 Å². The van der Waals surface area contributed by atoms with Gasteiger partial charge < -0.3 is 0 Å². The van der Waals surface area contributed by atoms with Crippen molar-refractivity contribution in [1.82, 2.24) is 0 Å². The molecule has 0 bridgehead atoms. The van der Waals surface area contributed by atoms with Crippen molar-refractivity contribution in [1.29, 1.82) is 0 Å². The number of anilines is 1. The predicted octanol–water partition coefficient (Wildman–Crippen LogP) is 5.62. The Labute approximate surface area is 159 Å². The molecule has 8 nitrogen and oxygen atoms in total. The maximum absolute atomic E-state index is 11.1. The zero-order valence-electron chi connectivity index (χ0n) is 16.4. The summed E-state index contributed by atoms with van der Waals surface area (Å²) in [5.74, 6) is 0. The lowest BCUT2D eigenvalue weighted by molar-refractivity contribution is -0.393. The number of hydrogen-bond acceptors (Lipinski definition) is 6. The van der Waals surface area contributed by atoms with E-state index in [1.165, 1.54) is 23.9 Å². The Balaban J connectivity index is 2.70. The van der Waals surface area contributed by atoms with Crippen LogP contribution in [0.25, 0.3) is 0 Å². The van der Waals surface area contributed by atoms with Gasteiger partial charge in [0.25, 0.3) is 5.69 Å². The predicted molar refractivity (Wildman–Crippen MR) is 108 cm³/mol. The number of nitrogens with one attached hydrogen (secondary N) is 1. The van der Waals surface area contributed by atoms with E-state index in [1.54, 1.807) is 0 Å². The minimum atomic E-state index is -0.685. The lowest BCUT2D eigenvalue weighted by atomic mass is 9.87. The molecule has 0 aliphatic carbocycles. The number of nitrogens with zero attached hydrogens (tertiary/aromatic N) is 3. The first-order valence-electron chi connectivity index (χ1n) is 8.57. The molecule has 0 saturated heterocycles. The van der Waals surface area contributed by atoms with Gasteiger partial charge in [-0.15, -0.1) is 0 Å². The van der Waals surface area contributed by atoms with Crippen LogP contribution in [0, 0.1) is 25.6 Å². The highest BCUT2D eigenvalue weighted by molar-refractivity contribution is 5.74. The molecule has 0 fully saturated rings. The van der Waals surface area contributed by atoms with Crippen molar-refractivity contribution in [2.75, 3.05) is 5.43 Å². The summed E-state index contributed by atoms with van der Waals surface area (Å²) in [6, 6.07) is 3.36. The Morgan fingerprint density at radius 2 is 1.85 bits per heavy atom. The maximum Gasteiger partial charge on any atom is 0.301 e. The Morgan fingerprint density at radius 1 is 1.19 bits per heavy atom. The van der Waals surface area contributed by atoms with E-state index in [0.717, 1.165) is 24.5 Å². The van der Waals surface area contributed by atoms with Crippen molar-refractivity contribution in [2.45, 2.75) is 47.5 Å². The number of hydrazone groups is 1. The fraction of sp³-hybridized carbons (Fsp3) is 0.421. The fourth-order valence-electron chi connectivity index (χ4n) is 2.06. The van der Waals surface area contributed by atoms with Crippen molar-refractivity contribution >= 4 is 23.3 Å². The van der Waals surface area contributed by atoms with E-state index >= 15 is 0 Å². The van der Waals surface area contributed by atoms with E-state index in [0.29, 0.717) is 0 Å². The quantitative estimate of drug-likeness (QED) is 0.275. The molecule has 0 aliphatic heterocycles. The first-order valence-corrected chi connectivity index (χ1v) is 8.57. The van der Waals surface area contributed by atoms with Crippen LogP contribution < -0.4 is 5.43 Å². The SMILES string of the molecule is C/C(=C/CC/C(C)=C/C=N/Nc1ccc([N+](=O)[O-])cc1[N+](=O)[O-])C(C)(C)C. The van der Waals surface area contributed by atoms with Crippen LogP contribution in [0.1, 0.15) is 47.5 Å². The number of allylic oxidation sites excluding steroid dienone is 4. The average Bonchev–Trinajstić information content (AvgIpc) is 2.57. The van der Waals surface area contributed by atoms with Gasteiger partial charge in [-0.2, -0.15) is 5.10 Å². The van der Waals surface area contributed by atoms with Crippen LogP contribution in [-0.4, -0.2) is 16.1 Å². The molecule has 0 atom stereocenters. The molecule has 1 rings (SSSR count). The van der Waals surface area contributed by atoms with Crippen LogP contribution in [0.2, 0.25) is 0 Å². The number of hydrogen-bond donors (Lipinski definition) is 1. The lowest BCUT2D eigenvalue weighted by Gasteiger charge is -2.19. The first kappa shape index (κ1) is 22.0. The van der Waals surface area contributed by atoms with Gasteiger partial charge in [0.1, 0.15) is 5.69 Å². The van der Waals surface area contributed by atoms with Gasteiger partial charge in [-0.1, -0.05) is 38.0 Å². The third-order valence-corrected chi connectivity index (χ3v) is 4.18. The molecule has 0 heterocycles. The third-order valence-electron chi connectivity index (χ3n) is 4.18. The summed E-state index contributed by atoms with van der Waals surface area (Å²) in [6.45, 7) is 10.6. The van der Waals surface area contributed by atoms with E-state index in [1.807, 2.05) is 13.0 Å². The summed E-state index contributed by atoms with van der Waals surface area (Å²) in [5.41, 5.74) is 4.55. The molecular weight excluding hydrogens is 348 g/mol. The number of benzene rings is 1. The highest BCUT2D eigenvalue weighted by Gasteiger charge is 2.19. The molecule has 0 spiro atoms. The number of nitro benzene ring substituents is 2. The van der Waals surface area contributed by atoms with Crippen LogP contribution in [-0.2, 0) is 0 Å². The highest BCUT2D eigenvalue weighted by atomic mass is 16.6. The molecule has 1 N–H and O–H groups in total. The number of rotatable bonds is 8. The summed E-state index contributed by atoms with van der Waals surface area (Å²) in [5, 5.41) is 25.7. The zero-order valence-corrected chi connectivity index (χ0v) is 16.4. The van der Waals surface area contributed by atoms with Gasteiger partial charge in [0, 0.05) is 12.3 Å². The summed E-state index contributed by atoms with van der Waals surface area (Å²) in [6.07, 6.45) is 7.38. The van der Waals surface area contributed by atoms with Crippen LogP contribution in [0.5, 0.6) is 0 Å². The molecule has 1 aromatic rings.